The van der Waals surface area contributed by atoms with Crippen LogP contribution in [0.5, 0.6) is 0 Å². The Morgan fingerprint density at radius 1 is 1.60 bits per heavy atom. The molecule has 1 aliphatic rings. The largest absolute Gasteiger partial charge is 0.464 e. The number of anilines is 1. The number of piperazine rings is 1. The molecule has 1 atom stereocenters. The SMILES string of the molecule is CCOC(=O)C1CNCCN1c1ncccc1C(N)=O. The van der Waals surface area contributed by atoms with E-state index in [2.05, 4.69) is 10.3 Å². The van der Waals surface area contributed by atoms with Crippen LogP contribution in [-0.4, -0.2) is 49.1 Å². The number of esters is 1. The molecule has 0 saturated carbocycles. The monoisotopic (exact) mass is 278 g/mol. The predicted molar refractivity (Wildman–Crippen MR) is 73.4 cm³/mol. The number of hydrogen-bond acceptors (Lipinski definition) is 6. The Labute approximate surface area is 117 Å². The van der Waals surface area contributed by atoms with E-state index in [-0.39, 0.29) is 5.97 Å². The van der Waals surface area contributed by atoms with Gasteiger partial charge in [0, 0.05) is 25.8 Å². The molecule has 1 aliphatic heterocycles. The Kier molecular flexibility index (Phi) is 4.52. The molecule has 7 nitrogen and oxygen atoms in total. The smallest absolute Gasteiger partial charge is 0.330 e. The fourth-order valence-corrected chi connectivity index (χ4v) is 2.23. The number of primary amides is 1. The highest BCUT2D eigenvalue weighted by Gasteiger charge is 2.32. The molecule has 2 heterocycles. The van der Waals surface area contributed by atoms with Gasteiger partial charge < -0.3 is 20.7 Å². The summed E-state index contributed by atoms with van der Waals surface area (Å²) in [7, 11) is 0. The van der Waals surface area contributed by atoms with Crippen molar-refractivity contribution in [1.82, 2.24) is 10.3 Å². The summed E-state index contributed by atoms with van der Waals surface area (Å²) in [5.74, 6) is -0.463. The minimum atomic E-state index is -0.561. The number of carbonyl (C=O) groups excluding carboxylic acids is 2. The summed E-state index contributed by atoms with van der Waals surface area (Å²) in [6.45, 7) is 3.78. The molecule has 108 valence electrons. The third kappa shape index (κ3) is 2.88. The molecular formula is C13H18N4O3. The average molecular weight is 278 g/mol. The van der Waals surface area contributed by atoms with Gasteiger partial charge in [-0.25, -0.2) is 9.78 Å². The van der Waals surface area contributed by atoms with Crippen LogP contribution in [-0.2, 0) is 9.53 Å². The third-order valence-corrected chi connectivity index (χ3v) is 3.13. The van der Waals surface area contributed by atoms with E-state index in [1.807, 2.05) is 0 Å². The van der Waals surface area contributed by atoms with Gasteiger partial charge in [0.25, 0.3) is 5.91 Å². The van der Waals surface area contributed by atoms with E-state index in [9.17, 15) is 9.59 Å². The van der Waals surface area contributed by atoms with E-state index in [4.69, 9.17) is 10.5 Å². The third-order valence-electron chi connectivity index (χ3n) is 3.13. The first-order valence-electron chi connectivity index (χ1n) is 6.54. The van der Waals surface area contributed by atoms with Gasteiger partial charge in [-0.15, -0.1) is 0 Å². The molecule has 7 heteroatoms. The van der Waals surface area contributed by atoms with Gasteiger partial charge in [0.2, 0.25) is 0 Å². The number of nitrogens with two attached hydrogens (primary N) is 1. The Hall–Kier alpha value is -2.15. The van der Waals surface area contributed by atoms with E-state index in [1.54, 1.807) is 30.2 Å². The molecule has 2 rings (SSSR count). The van der Waals surface area contributed by atoms with Crippen molar-refractivity contribution in [3.63, 3.8) is 0 Å². The number of pyridine rings is 1. The van der Waals surface area contributed by atoms with Crippen LogP contribution in [0.3, 0.4) is 0 Å². The molecule has 0 aliphatic carbocycles. The van der Waals surface area contributed by atoms with Gasteiger partial charge in [-0.05, 0) is 19.1 Å². The van der Waals surface area contributed by atoms with Crippen molar-refractivity contribution >= 4 is 17.7 Å². The summed E-state index contributed by atoms with van der Waals surface area (Å²) in [6, 6.07) is 2.75. The summed E-state index contributed by atoms with van der Waals surface area (Å²) in [5, 5.41) is 3.14. The summed E-state index contributed by atoms with van der Waals surface area (Å²) in [4.78, 5) is 29.5. The van der Waals surface area contributed by atoms with Crippen LogP contribution < -0.4 is 16.0 Å². The van der Waals surface area contributed by atoms with E-state index < -0.39 is 11.9 Å². The fourth-order valence-electron chi connectivity index (χ4n) is 2.23. The van der Waals surface area contributed by atoms with Crippen LogP contribution >= 0.6 is 0 Å². The molecule has 3 N–H and O–H groups in total. The topological polar surface area (TPSA) is 97.6 Å². The molecular weight excluding hydrogens is 260 g/mol. The summed E-state index contributed by atoms with van der Waals surface area (Å²) >= 11 is 0. The van der Waals surface area contributed by atoms with Gasteiger partial charge in [0.1, 0.15) is 11.9 Å². The molecule has 1 aromatic rings. The van der Waals surface area contributed by atoms with E-state index in [1.165, 1.54) is 0 Å². The maximum absolute atomic E-state index is 12.0. The van der Waals surface area contributed by atoms with Gasteiger partial charge in [-0.2, -0.15) is 0 Å². The Morgan fingerprint density at radius 3 is 3.10 bits per heavy atom. The van der Waals surface area contributed by atoms with Crippen molar-refractivity contribution < 1.29 is 14.3 Å². The standard InChI is InChI=1S/C13H18N4O3/c1-2-20-13(19)10-8-15-6-7-17(10)12-9(11(14)18)4-3-5-16-12/h3-5,10,15H,2,6-8H2,1H3,(H2,14,18). The second kappa shape index (κ2) is 6.33. The Balaban J connectivity index is 2.33. The summed E-state index contributed by atoms with van der Waals surface area (Å²) in [6.07, 6.45) is 1.58. The van der Waals surface area contributed by atoms with Crippen molar-refractivity contribution in [2.45, 2.75) is 13.0 Å². The van der Waals surface area contributed by atoms with Crippen LogP contribution in [0.1, 0.15) is 17.3 Å². The lowest BCUT2D eigenvalue weighted by atomic mass is 10.1. The Bertz CT molecular complexity index is 506. The van der Waals surface area contributed by atoms with Crippen LogP contribution in [0, 0.1) is 0 Å². The lowest BCUT2D eigenvalue weighted by Gasteiger charge is -2.36. The number of carbonyl (C=O) groups is 2. The quantitative estimate of drug-likeness (QED) is 0.722. The van der Waals surface area contributed by atoms with Gasteiger partial charge in [-0.3, -0.25) is 4.79 Å². The van der Waals surface area contributed by atoms with Crippen LogP contribution in [0.25, 0.3) is 0 Å². The fraction of sp³-hybridized carbons (Fsp3) is 0.462. The van der Waals surface area contributed by atoms with Crippen LogP contribution in [0.2, 0.25) is 0 Å². The minimum Gasteiger partial charge on any atom is -0.464 e. The number of ether oxygens (including phenoxy) is 1. The molecule has 0 aromatic carbocycles. The molecule has 20 heavy (non-hydrogen) atoms. The van der Waals surface area contributed by atoms with Crippen molar-refractivity contribution in [3.05, 3.63) is 23.9 Å². The van der Waals surface area contributed by atoms with Crippen LogP contribution in [0.15, 0.2) is 18.3 Å². The second-order valence-corrected chi connectivity index (χ2v) is 4.40. The number of hydrogen-bond donors (Lipinski definition) is 2. The zero-order valence-electron chi connectivity index (χ0n) is 11.3. The Morgan fingerprint density at radius 2 is 2.40 bits per heavy atom. The lowest BCUT2D eigenvalue weighted by Crippen LogP contribution is -2.56. The lowest BCUT2D eigenvalue weighted by molar-refractivity contribution is -0.144. The zero-order chi connectivity index (χ0) is 14.5. The molecule has 1 unspecified atom stereocenters. The van der Waals surface area contributed by atoms with Gasteiger partial charge in [0.15, 0.2) is 0 Å². The number of nitrogens with one attached hydrogen (secondary N) is 1. The first-order valence-corrected chi connectivity index (χ1v) is 6.54. The average Bonchev–Trinajstić information content (AvgIpc) is 2.47. The van der Waals surface area contributed by atoms with Crippen molar-refractivity contribution in [3.8, 4) is 0 Å². The molecule has 1 amide bonds. The summed E-state index contributed by atoms with van der Waals surface area (Å²) < 4.78 is 5.07. The second-order valence-electron chi connectivity index (χ2n) is 4.40. The predicted octanol–water partition coefficient (Wildman–Crippen LogP) is -0.478. The summed E-state index contributed by atoms with van der Waals surface area (Å²) in [5.41, 5.74) is 5.67. The highest BCUT2D eigenvalue weighted by molar-refractivity contribution is 5.98. The highest BCUT2D eigenvalue weighted by atomic mass is 16.5. The number of aromatic nitrogens is 1. The molecule has 1 saturated heterocycles. The van der Waals surface area contributed by atoms with Crippen molar-refractivity contribution in [1.29, 1.82) is 0 Å². The molecule has 0 radical (unpaired) electrons. The van der Waals surface area contributed by atoms with Crippen LogP contribution in [0.4, 0.5) is 5.82 Å². The first-order chi connectivity index (χ1) is 9.65. The molecule has 1 fully saturated rings. The van der Waals surface area contributed by atoms with Gasteiger partial charge in [-0.1, -0.05) is 0 Å². The maximum Gasteiger partial charge on any atom is 0.330 e. The van der Waals surface area contributed by atoms with Crippen molar-refractivity contribution in [2.24, 2.45) is 5.73 Å². The maximum atomic E-state index is 12.0. The molecule has 0 spiro atoms. The normalized spacial score (nSPS) is 18.6. The first kappa shape index (κ1) is 14.3. The number of rotatable bonds is 4. The highest BCUT2D eigenvalue weighted by Crippen LogP contribution is 2.21. The van der Waals surface area contributed by atoms with E-state index >= 15 is 0 Å². The van der Waals surface area contributed by atoms with Gasteiger partial charge >= 0.3 is 5.97 Å². The van der Waals surface area contributed by atoms with Crippen molar-refractivity contribution in [2.75, 3.05) is 31.1 Å². The van der Waals surface area contributed by atoms with E-state index in [0.29, 0.717) is 37.6 Å². The minimum absolute atomic E-state index is 0.309. The van der Waals surface area contributed by atoms with E-state index in [0.717, 1.165) is 0 Å². The number of amides is 1. The van der Waals surface area contributed by atoms with Gasteiger partial charge in [0.05, 0.1) is 12.2 Å². The molecule has 0 bridgehead atoms. The number of nitrogens with zero attached hydrogens (tertiary/aromatic N) is 2. The molecule has 1 aromatic heterocycles. The zero-order valence-corrected chi connectivity index (χ0v) is 11.3.